The highest BCUT2D eigenvalue weighted by Crippen LogP contribution is 2.16. The molecule has 1 aromatic rings. The van der Waals surface area contributed by atoms with Gasteiger partial charge in [0, 0.05) is 0 Å². The van der Waals surface area contributed by atoms with Crippen LogP contribution in [0.15, 0.2) is 12.1 Å². The SMILES string of the molecule is CCOC(=O)c1c(F)cc(CC)cc1F. The molecule has 0 saturated heterocycles. The number of hydrogen-bond acceptors (Lipinski definition) is 2. The maximum absolute atomic E-state index is 13.3. The summed E-state index contributed by atoms with van der Waals surface area (Å²) in [5.74, 6) is -2.70. The molecule has 0 atom stereocenters. The first-order valence-corrected chi connectivity index (χ1v) is 4.75. The topological polar surface area (TPSA) is 26.3 Å². The van der Waals surface area contributed by atoms with Gasteiger partial charge in [-0.2, -0.15) is 0 Å². The third-order valence-corrected chi connectivity index (χ3v) is 1.99. The van der Waals surface area contributed by atoms with Gasteiger partial charge >= 0.3 is 5.97 Å². The first-order valence-electron chi connectivity index (χ1n) is 4.75. The van der Waals surface area contributed by atoms with E-state index < -0.39 is 23.2 Å². The van der Waals surface area contributed by atoms with Crippen LogP contribution >= 0.6 is 0 Å². The van der Waals surface area contributed by atoms with Crippen molar-refractivity contribution in [3.8, 4) is 0 Å². The summed E-state index contributed by atoms with van der Waals surface area (Å²) in [5.41, 5.74) is -0.105. The van der Waals surface area contributed by atoms with Crippen molar-refractivity contribution >= 4 is 5.97 Å². The van der Waals surface area contributed by atoms with Crippen molar-refractivity contribution < 1.29 is 18.3 Å². The first-order chi connectivity index (χ1) is 7.10. The summed E-state index contributed by atoms with van der Waals surface area (Å²) in [7, 11) is 0. The number of ether oxygens (including phenoxy) is 1. The van der Waals surface area contributed by atoms with E-state index in [1.807, 2.05) is 0 Å². The smallest absolute Gasteiger partial charge is 0.344 e. The molecule has 0 heterocycles. The highest BCUT2D eigenvalue weighted by Gasteiger charge is 2.19. The van der Waals surface area contributed by atoms with Crippen LogP contribution in [0.5, 0.6) is 0 Å². The van der Waals surface area contributed by atoms with E-state index in [2.05, 4.69) is 4.74 Å². The fraction of sp³-hybridized carbons (Fsp3) is 0.364. The van der Waals surface area contributed by atoms with E-state index in [0.29, 0.717) is 12.0 Å². The highest BCUT2D eigenvalue weighted by atomic mass is 19.1. The molecule has 0 aliphatic heterocycles. The molecule has 0 unspecified atom stereocenters. The Hall–Kier alpha value is -1.45. The Bertz CT molecular complexity index is 352. The van der Waals surface area contributed by atoms with Gasteiger partial charge in [-0.25, -0.2) is 13.6 Å². The van der Waals surface area contributed by atoms with E-state index in [0.717, 1.165) is 12.1 Å². The average molecular weight is 214 g/mol. The summed E-state index contributed by atoms with van der Waals surface area (Å²) in [6, 6.07) is 2.30. The van der Waals surface area contributed by atoms with Crippen LogP contribution in [0, 0.1) is 11.6 Å². The summed E-state index contributed by atoms with van der Waals surface area (Å²) in [6.45, 7) is 3.44. The lowest BCUT2D eigenvalue weighted by Gasteiger charge is -2.06. The van der Waals surface area contributed by atoms with Crippen LogP contribution in [-0.4, -0.2) is 12.6 Å². The number of halogens is 2. The van der Waals surface area contributed by atoms with Gasteiger partial charge in [-0.15, -0.1) is 0 Å². The molecular weight excluding hydrogens is 202 g/mol. The van der Waals surface area contributed by atoms with Crippen LogP contribution in [0.25, 0.3) is 0 Å². The minimum Gasteiger partial charge on any atom is -0.462 e. The highest BCUT2D eigenvalue weighted by molar-refractivity contribution is 5.90. The Morgan fingerprint density at radius 1 is 1.27 bits per heavy atom. The summed E-state index contributed by atoms with van der Waals surface area (Å²) in [4.78, 5) is 11.2. The van der Waals surface area contributed by atoms with Crippen molar-refractivity contribution in [3.63, 3.8) is 0 Å². The van der Waals surface area contributed by atoms with Gasteiger partial charge in [-0.05, 0) is 31.0 Å². The lowest BCUT2D eigenvalue weighted by Crippen LogP contribution is -2.10. The lowest BCUT2D eigenvalue weighted by molar-refractivity contribution is 0.0515. The number of carbonyl (C=O) groups excluding carboxylic acids is 1. The van der Waals surface area contributed by atoms with Crippen molar-refractivity contribution in [3.05, 3.63) is 34.9 Å². The van der Waals surface area contributed by atoms with Crippen LogP contribution in [-0.2, 0) is 11.2 Å². The maximum Gasteiger partial charge on any atom is 0.344 e. The molecule has 1 rings (SSSR count). The maximum atomic E-state index is 13.3. The molecule has 0 aromatic heterocycles. The summed E-state index contributed by atoms with van der Waals surface area (Å²) < 4.78 is 31.2. The minimum atomic E-state index is -0.963. The lowest BCUT2D eigenvalue weighted by atomic mass is 10.1. The Balaban J connectivity index is 3.13. The van der Waals surface area contributed by atoms with E-state index in [1.54, 1.807) is 13.8 Å². The van der Waals surface area contributed by atoms with Gasteiger partial charge in [-0.1, -0.05) is 6.92 Å². The second-order valence-corrected chi connectivity index (χ2v) is 3.01. The van der Waals surface area contributed by atoms with Gasteiger partial charge in [0.15, 0.2) is 0 Å². The van der Waals surface area contributed by atoms with E-state index in [1.165, 1.54) is 0 Å². The number of carbonyl (C=O) groups is 1. The van der Waals surface area contributed by atoms with Gasteiger partial charge in [0.25, 0.3) is 0 Å². The van der Waals surface area contributed by atoms with Gasteiger partial charge in [0.2, 0.25) is 0 Å². The summed E-state index contributed by atoms with van der Waals surface area (Å²) in [5, 5.41) is 0. The number of hydrogen-bond donors (Lipinski definition) is 0. The molecule has 0 fully saturated rings. The minimum absolute atomic E-state index is 0.0905. The standard InChI is InChI=1S/C11H12F2O2/c1-3-7-5-8(12)10(9(13)6-7)11(14)15-4-2/h5-6H,3-4H2,1-2H3. The Morgan fingerprint density at radius 2 is 1.80 bits per heavy atom. The van der Waals surface area contributed by atoms with Crippen LogP contribution in [0.3, 0.4) is 0 Å². The molecule has 0 radical (unpaired) electrons. The van der Waals surface area contributed by atoms with Crippen LogP contribution in [0.4, 0.5) is 8.78 Å². The largest absolute Gasteiger partial charge is 0.462 e. The molecule has 4 heteroatoms. The molecule has 0 aliphatic rings. The molecule has 0 bridgehead atoms. The zero-order valence-electron chi connectivity index (χ0n) is 8.64. The third kappa shape index (κ3) is 2.52. The molecule has 15 heavy (non-hydrogen) atoms. The van der Waals surface area contributed by atoms with Crippen molar-refractivity contribution in [2.24, 2.45) is 0 Å². The van der Waals surface area contributed by atoms with Crippen LogP contribution in [0.2, 0.25) is 0 Å². The molecule has 0 amide bonds. The second-order valence-electron chi connectivity index (χ2n) is 3.01. The van der Waals surface area contributed by atoms with Crippen molar-refractivity contribution in [1.82, 2.24) is 0 Å². The Labute approximate surface area is 86.9 Å². The van der Waals surface area contributed by atoms with Gasteiger partial charge < -0.3 is 4.74 Å². The van der Waals surface area contributed by atoms with Crippen molar-refractivity contribution in [1.29, 1.82) is 0 Å². The fourth-order valence-electron chi connectivity index (χ4n) is 1.23. The van der Waals surface area contributed by atoms with Crippen molar-refractivity contribution in [2.75, 3.05) is 6.61 Å². The third-order valence-electron chi connectivity index (χ3n) is 1.99. The predicted octanol–water partition coefficient (Wildman–Crippen LogP) is 2.70. The van der Waals surface area contributed by atoms with E-state index in [9.17, 15) is 13.6 Å². The summed E-state index contributed by atoms with van der Waals surface area (Å²) in [6.07, 6.45) is 0.511. The average Bonchev–Trinajstić information content (AvgIpc) is 2.16. The Morgan fingerprint density at radius 3 is 2.20 bits per heavy atom. The molecule has 1 aromatic carbocycles. The van der Waals surface area contributed by atoms with Crippen LogP contribution in [0.1, 0.15) is 29.8 Å². The van der Waals surface area contributed by atoms with Gasteiger partial charge in [0.1, 0.15) is 17.2 Å². The molecule has 0 saturated carbocycles. The van der Waals surface area contributed by atoms with Crippen molar-refractivity contribution in [2.45, 2.75) is 20.3 Å². The number of benzene rings is 1. The van der Waals surface area contributed by atoms with E-state index in [4.69, 9.17) is 0 Å². The molecule has 82 valence electrons. The monoisotopic (exact) mass is 214 g/mol. The van der Waals surface area contributed by atoms with E-state index in [-0.39, 0.29) is 6.61 Å². The fourth-order valence-corrected chi connectivity index (χ4v) is 1.23. The molecule has 2 nitrogen and oxygen atoms in total. The van der Waals surface area contributed by atoms with Gasteiger partial charge in [0.05, 0.1) is 6.61 Å². The van der Waals surface area contributed by atoms with Crippen LogP contribution < -0.4 is 0 Å². The molecular formula is C11H12F2O2. The number of esters is 1. The van der Waals surface area contributed by atoms with E-state index >= 15 is 0 Å². The zero-order chi connectivity index (χ0) is 11.4. The molecule has 0 N–H and O–H groups in total. The zero-order valence-corrected chi connectivity index (χ0v) is 8.64. The first kappa shape index (κ1) is 11.6. The normalized spacial score (nSPS) is 10.1. The van der Waals surface area contributed by atoms with Gasteiger partial charge in [-0.3, -0.25) is 0 Å². The molecule has 0 aliphatic carbocycles. The predicted molar refractivity (Wildman–Crippen MR) is 51.7 cm³/mol. The Kier molecular flexibility index (Phi) is 3.77. The number of aryl methyl sites for hydroxylation is 1. The molecule has 0 spiro atoms. The quantitative estimate of drug-likeness (QED) is 0.723. The summed E-state index contributed by atoms with van der Waals surface area (Å²) >= 11 is 0. The number of rotatable bonds is 3. The second kappa shape index (κ2) is 4.87.